The molecule has 0 bridgehead atoms. The number of amides is 1. The van der Waals surface area contributed by atoms with Crippen LogP contribution in [0.2, 0.25) is 0 Å². The summed E-state index contributed by atoms with van der Waals surface area (Å²) >= 11 is 0. The number of anilines is 2. The molecule has 2 aromatic carbocycles. The smallest absolute Gasteiger partial charge is 0.326 e. The van der Waals surface area contributed by atoms with Crippen LogP contribution in [0.15, 0.2) is 83.9 Å². The van der Waals surface area contributed by atoms with Crippen molar-refractivity contribution in [3.63, 3.8) is 0 Å². The normalized spacial score (nSPS) is 11.0. The molecule has 0 radical (unpaired) electrons. The van der Waals surface area contributed by atoms with Crippen LogP contribution in [0.5, 0.6) is 0 Å². The second-order valence-electron chi connectivity index (χ2n) is 5.95. The highest BCUT2D eigenvalue weighted by Gasteiger charge is 2.32. The second-order valence-corrected chi connectivity index (χ2v) is 7.81. The van der Waals surface area contributed by atoms with Gasteiger partial charge in [0.15, 0.2) is 0 Å². The third kappa shape index (κ3) is 4.51. The molecular weight excluding hydrogens is 362 g/mol. The van der Waals surface area contributed by atoms with Gasteiger partial charge in [-0.1, -0.05) is 36.4 Å². The second kappa shape index (κ2) is 8.01. The summed E-state index contributed by atoms with van der Waals surface area (Å²) < 4.78 is 27.9. The van der Waals surface area contributed by atoms with E-state index in [9.17, 15) is 13.2 Å². The fourth-order valence-electron chi connectivity index (χ4n) is 2.63. The van der Waals surface area contributed by atoms with Gasteiger partial charge in [-0.2, -0.15) is 8.42 Å². The first kappa shape index (κ1) is 18.6. The number of H-pyrrole nitrogens is 1. The zero-order chi connectivity index (χ0) is 19.3. The first-order valence-corrected chi connectivity index (χ1v) is 9.82. The van der Waals surface area contributed by atoms with E-state index in [1.54, 1.807) is 36.5 Å². The summed E-state index contributed by atoms with van der Waals surface area (Å²) in [6.07, 6.45) is 1.68. The molecule has 0 aliphatic rings. The van der Waals surface area contributed by atoms with Crippen molar-refractivity contribution in [2.45, 2.75) is 18.4 Å². The predicted octanol–water partition coefficient (Wildman–Crippen LogP) is 2.85. The summed E-state index contributed by atoms with van der Waals surface area (Å²) in [6, 6.07) is 20.8. The van der Waals surface area contributed by atoms with E-state index in [2.05, 4.69) is 10.3 Å². The van der Waals surface area contributed by atoms with E-state index in [0.29, 0.717) is 11.5 Å². The maximum Gasteiger partial charge on any atom is 0.331 e. The number of nitrogens with zero attached hydrogens (tertiary/aromatic N) is 1. The summed E-state index contributed by atoms with van der Waals surface area (Å²) in [5, 5.41) is 2.63. The third-order valence-electron chi connectivity index (χ3n) is 3.89. The Bertz CT molecular complexity index is 1010. The molecule has 1 aromatic heterocycles. The van der Waals surface area contributed by atoms with Crippen molar-refractivity contribution in [3.05, 3.63) is 84.6 Å². The molecule has 3 aromatic rings. The van der Waals surface area contributed by atoms with Crippen molar-refractivity contribution in [1.82, 2.24) is 0 Å². The van der Waals surface area contributed by atoms with Crippen LogP contribution in [0.1, 0.15) is 12.5 Å². The Kier molecular flexibility index (Phi) is 5.52. The van der Waals surface area contributed by atoms with Crippen LogP contribution >= 0.6 is 0 Å². The van der Waals surface area contributed by atoms with Crippen LogP contribution in [0.3, 0.4) is 0 Å². The zero-order valence-electron chi connectivity index (χ0n) is 14.8. The van der Waals surface area contributed by atoms with Crippen LogP contribution in [0.25, 0.3) is 0 Å². The fourth-order valence-corrected chi connectivity index (χ4v) is 4.05. The van der Waals surface area contributed by atoms with E-state index >= 15 is 0 Å². The van der Waals surface area contributed by atoms with Gasteiger partial charge in [-0.15, -0.1) is 4.31 Å². The lowest BCUT2D eigenvalue weighted by molar-refractivity contribution is -0.362. The number of sulfonamides is 1. The van der Waals surface area contributed by atoms with E-state index < -0.39 is 10.0 Å². The zero-order valence-corrected chi connectivity index (χ0v) is 15.6. The Morgan fingerprint density at radius 1 is 0.963 bits per heavy atom. The molecule has 0 saturated carbocycles. The van der Waals surface area contributed by atoms with Gasteiger partial charge in [0, 0.05) is 18.7 Å². The Labute approximate surface area is 158 Å². The molecule has 2 N–H and O–H groups in total. The number of carbonyl (C=O) groups is 1. The number of aromatic nitrogens is 1. The maximum absolute atomic E-state index is 13.3. The SMILES string of the molecule is CC(=O)Nc1ccc(S(=O)(=O)N(Cc2ccccc2)c2cccc[nH+]2)cc1. The number of hydrogen-bond acceptors (Lipinski definition) is 3. The first-order valence-electron chi connectivity index (χ1n) is 8.38. The highest BCUT2D eigenvalue weighted by Crippen LogP contribution is 2.24. The minimum Gasteiger partial charge on any atom is -0.326 e. The molecule has 3 rings (SSSR count). The minimum absolute atomic E-state index is 0.143. The maximum atomic E-state index is 13.3. The van der Waals surface area contributed by atoms with E-state index in [-0.39, 0.29) is 17.3 Å². The number of hydrogen-bond donors (Lipinski definition) is 1. The number of pyridine rings is 1. The molecule has 0 spiro atoms. The highest BCUT2D eigenvalue weighted by molar-refractivity contribution is 7.92. The van der Waals surface area contributed by atoms with Crippen molar-refractivity contribution in [3.8, 4) is 0 Å². The van der Waals surface area contributed by atoms with E-state index in [4.69, 9.17) is 0 Å². The average molecular weight is 382 g/mol. The average Bonchev–Trinajstić information content (AvgIpc) is 2.67. The highest BCUT2D eigenvalue weighted by atomic mass is 32.2. The van der Waals surface area contributed by atoms with Crippen molar-refractivity contribution in [2.75, 3.05) is 9.62 Å². The third-order valence-corrected chi connectivity index (χ3v) is 5.67. The Balaban J connectivity index is 1.98. The quantitative estimate of drug-likeness (QED) is 0.712. The molecule has 27 heavy (non-hydrogen) atoms. The molecule has 6 nitrogen and oxygen atoms in total. The molecule has 1 amide bonds. The number of benzene rings is 2. The van der Waals surface area contributed by atoms with Crippen LogP contribution in [0, 0.1) is 0 Å². The molecule has 7 heteroatoms. The van der Waals surface area contributed by atoms with Crippen molar-refractivity contribution in [1.29, 1.82) is 0 Å². The van der Waals surface area contributed by atoms with E-state index in [1.165, 1.54) is 23.4 Å². The molecular formula is C20H20N3O3S+. The minimum atomic E-state index is -3.81. The summed E-state index contributed by atoms with van der Waals surface area (Å²) in [7, 11) is -3.81. The van der Waals surface area contributed by atoms with Crippen LogP contribution in [-0.4, -0.2) is 14.3 Å². The number of aromatic amines is 1. The topological polar surface area (TPSA) is 80.6 Å². The molecule has 1 heterocycles. The molecule has 0 unspecified atom stereocenters. The van der Waals surface area contributed by atoms with Gasteiger partial charge in [-0.25, -0.2) is 4.98 Å². The summed E-state index contributed by atoms with van der Waals surface area (Å²) in [4.78, 5) is 14.3. The molecule has 0 aliphatic heterocycles. The predicted molar refractivity (Wildman–Crippen MR) is 104 cm³/mol. The molecule has 0 saturated heterocycles. The number of nitrogens with one attached hydrogen (secondary N) is 2. The van der Waals surface area contributed by atoms with Gasteiger partial charge in [0.1, 0.15) is 11.4 Å². The van der Waals surface area contributed by atoms with Gasteiger partial charge < -0.3 is 5.32 Å². The monoisotopic (exact) mass is 382 g/mol. The van der Waals surface area contributed by atoms with Gasteiger partial charge in [-0.05, 0) is 35.9 Å². The van der Waals surface area contributed by atoms with Gasteiger partial charge in [0.05, 0.1) is 6.20 Å². The summed E-state index contributed by atoms with van der Waals surface area (Å²) in [5.74, 6) is 0.252. The molecule has 0 atom stereocenters. The van der Waals surface area contributed by atoms with Crippen LogP contribution < -0.4 is 14.6 Å². The van der Waals surface area contributed by atoms with Gasteiger partial charge in [-0.3, -0.25) is 4.79 Å². The number of carbonyl (C=O) groups excluding carboxylic acids is 1. The van der Waals surface area contributed by atoms with Crippen LogP contribution in [-0.2, 0) is 21.4 Å². The van der Waals surface area contributed by atoms with Crippen molar-refractivity contribution in [2.24, 2.45) is 0 Å². The number of rotatable bonds is 6. The largest absolute Gasteiger partial charge is 0.331 e. The Morgan fingerprint density at radius 3 is 2.22 bits per heavy atom. The summed E-state index contributed by atoms with van der Waals surface area (Å²) in [5.41, 5.74) is 1.41. The van der Waals surface area contributed by atoms with Crippen LogP contribution in [0.4, 0.5) is 11.5 Å². The first-order chi connectivity index (χ1) is 13.0. The lowest BCUT2D eigenvalue weighted by Gasteiger charge is -2.17. The van der Waals surface area contributed by atoms with Gasteiger partial charge in [0.25, 0.3) is 5.82 Å². The standard InChI is InChI=1S/C20H19N3O3S/c1-16(24)22-18-10-12-19(13-11-18)27(25,26)23(20-9-5-6-14-21-20)15-17-7-3-2-4-8-17/h2-14H,15H2,1H3,(H,22,24)/p+1. The van der Waals surface area contributed by atoms with E-state index in [0.717, 1.165) is 5.56 Å². The lowest BCUT2D eigenvalue weighted by atomic mass is 10.2. The Hall–Kier alpha value is -3.19. The lowest BCUT2D eigenvalue weighted by Crippen LogP contribution is -2.34. The molecule has 0 fully saturated rings. The van der Waals surface area contributed by atoms with Gasteiger partial charge in [0.2, 0.25) is 5.91 Å². The molecule has 0 aliphatic carbocycles. The summed E-state index contributed by atoms with van der Waals surface area (Å²) in [6.45, 7) is 1.59. The van der Waals surface area contributed by atoms with Gasteiger partial charge >= 0.3 is 10.0 Å². The Morgan fingerprint density at radius 2 is 1.63 bits per heavy atom. The van der Waals surface area contributed by atoms with E-state index in [1.807, 2.05) is 30.3 Å². The van der Waals surface area contributed by atoms with Crippen molar-refractivity contribution >= 4 is 27.4 Å². The fraction of sp³-hybridized carbons (Fsp3) is 0.100. The van der Waals surface area contributed by atoms with Crippen molar-refractivity contribution < 1.29 is 18.2 Å². The molecule has 138 valence electrons.